The number of rotatable bonds is 3. The lowest BCUT2D eigenvalue weighted by Crippen LogP contribution is -2.53. The van der Waals surface area contributed by atoms with Gasteiger partial charge in [0.2, 0.25) is 0 Å². The molecular formula is C21H37NO2. The summed E-state index contributed by atoms with van der Waals surface area (Å²) in [6.45, 7) is 7.59. The van der Waals surface area contributed by atoms with Crippen molar-refractivity contribution in [3.05, 3.63) is 11.6 Å². The summed E-state index contributed by atoms with van der Waals surface area (Å²) in [6, 6.07) is 0. The molecule has 4 N–H and O–H groups in total. The Balaban J connectivity index is 1.84. The number of aliphatic hydroxyl groups is 2. The lowest BCUT2D eigenvalue weighted by Gasteiger charge is -2.55. The summed E-state index contributed by atoms with van der Waals surface area (Å²) >= 11 is 0. The average molecular weight is 336 g/mol. The molecular weight excluding hydrogens is 298 g/mol. The molecule has 138 valence electrons. The molecule has 0 aromatic heterocycles. The van der Waals surface area contributed by atoms with Crippen LogP contribution in [0.5, 0.6) is 0 Å². The molecule has 3 aliphatic rings. The quantitative estimate of drug-likeness (QED) is 0.690. The van der Waals surface area contributed by atoms with Crippen LogP contribution in [0.15, 0.2) is 11.6 Å². The van der Waals surface area contributed by atoms with E-state index in [9.17, 15) is 10.2 Å². The maximum Gasteiger partial charge on any atom is 0.0610 e. The van der Waals surface area contributed by atoms with Crippen molar-refractivity contribution in [1.29, 1.82) is 0 Å². The summed E-state index contributed by atoms with van der Waals surface area (Å²) in [6.07, 6.45) is 10.2. The molecule has 3 nitrogen and oxygen atoms in total. The summed E-state index contributed by atoms with van der Waals surface area (Å²) < 4.78 is 0. The zero-order valence-corrected chi connectivity index (χ0v) is 15.8. The zero-order valence-electron chi connectivity index (χ0n) is 15.8. The molecule has 0 aromatic carbocycles. The SMILES string of the molecule is C/C=C1/CCC2[C@@H](O)C([C@@]3(C)CC[C@H](O)C[C@@H]3CCN)CC[C@@]12C. The van der Waals surface area contributed by atoms with Crippen LogP contribution < -0.4 is 5.73 Å². The van der Waals surface area contributed by atoms with Gasteiger partial charge < -0.3 is 15.9 Å². The minimum Gasteiger partial charge on any atom is -0.393 e. The van der Waals surface area contributed by atoms with Gasteiger partial charge in [0.25, 0.3) is 0 Å². The second-order valence-electron chi connectivity index (χ2n) is 9.22. The van der Waals surface area contributed by atoms with Gasteiger partial charge in [-0.2, -0.15) is 0 Å². The van der Waals surface area contributed by atoms with E-state index in [0.717, 1.165) is 44.9 Å². The van der Waals surface area contributed by atoms with Crippen LogP contribution in [-0.4, -0.2) is 29.0 Å². The monoisotopic (exact) mass is 335 g/mol. The average Bonchev–Trinajstić information content (AvgIpc) is 2.89. The Hall–Kier alpha value is -0.380. The Kier molecular flexibility index (Phi) is 5.17. The van der Waals surface area contributed by atoms with Crippen molar-refractivity contribution in [2.75, 3.05) is 6.54 Å². The molecule has 24 heavy (non-hydrogen) atoms. The van der Waals surface area contributed by atoms with Gasteiger partial charge in [-0.05, 0) is 93.4 Å². The number of allylic oxidation sites excluding steroid dienone is 2. The molecule has 0 amide bonds. The van der Waals surface area contributed by atoms with Gasteiger partial charge >= 0.3 is 0 Å². The minimum atomic E-state index is -0.207. The summed E-state index contributed by atoms with van der Waals surface area (Å²) in [7, 11) is 0. The third kappa shape index (κ3) is 2.77. The molecule has 0 spiro atoms. The first-order chi connectivity index (χ1) is 11.4. The lowest BCUT2D eigenvalue weighted by molar-refractivity contribution is -0.119. The number of hydrogen-bond acceptors (Lipinski definition) is 3. The predicted molar refractivity (Wildman–Crippen MR) is 98.4 cm³/mol. The second kappa shape index (κ2) is 6.74. The Morgan fingerprint density at radius 1 is 1.12 bits per heavy atom. The van der Waals surface area contributed by atoms with Crippen LogP contribution in [0.25, 0.3) is 0 Å². The Morgan fingerprint density at radius 2 is 1.88 bits per heavy atom. The molecule has 3 saturated carbocycles. The molecule has 0 bridgehead atoms. The third-order valence-corrected chi connectivity index (χ3v) is 8.29. The molecule has 3 heteroatoms. The van der Waals surface area contributed by atoms with E-state index in [1.807, 2.05) is 0 Å². The molecule has 0 aliphatic heterocycles. The fourth-order valence-electron chi connectivity index (χ4n) is 6.68. The molecule has 2 unspecified atom stereocenters. The highest BCUT2D eigenvalue weighted by Gasteiger charge is 2.56. The van der Waals surface area contributed by atoms with Crippen LogP contribution in [0.1, 0.15) is 72.1 Å². The third-order valence-electron chi connectivity index (χ3n) is 8.29. The molecule has 0 radical (unpaired) electrons. The van der Waals surface area contributed by atoms with Gasteiger partial charge in [0.15, 0.2) is 0 Å². The molecule has 0 aromatic rings. The Labute approximate surface area is 147 Å². The van der Waals surface area contributed by atoms with Crippen LogP contribution in [0.2, 0.25) is 0 Å². The van der Waals surface area contributed by atoms with Gasteiger partial charge in [0, 0.05) is 0 Å². The van der Waals surface area contributed by atoms with E-state index < -0.39 is 0 Å². The first-order valence-electron chi connectivity index (χ1n) is 10.1. The molecule has 3 fully saturated rings. The van der Waals surface area contributed by atoms with Crippen molar-refractivity contribution < 1.29 is 10.2 Å². The van der Waals surface area contributed by atoms with Crippen LogP contribution in [-0.2, 0) is 0 Å². The van der Waals surface area contributed by atoms with Crippen molar-refractivity contribution >= 4 is 0 Å². The van der Waals surface area contributed by atoms with Gasteiger partial charge in [-0.3, -0.25) is 0 Å². The summed E-state index contributed by atoms with van der Waals surface area (Å²) in [5.41, 5.74) is 7.77. The Morgan fingerprint density at radius 3 is 2.54 bits per heavy atom. The van der Waals surface area contributed by atoms with E-state index in [4.69, 9.17) is 5.73 Å². The molecule has 7 atom stereocenters. The minimum absolute atomic E-state index is 0.123. The fraction of sp³-hybridized carbons (Fsp3) is 0.905. The Bertz CT molecular complexity index is 490. The predicted octanol–water partition coefficient (Wildman–Crippen LogP) is 3.64. The maximum atomic E-state index is 11.4. The van der Waals surface area contributed by atoms with Gasteiger partial charge in [0.05, 0.1) is 12.2 Å². The van der Waals surface area contributed by atoms with Gasteiger partial charge in [-0.1, -0.05) is 25.5 Å². The van der Waals surface area contributed by atoms with Crippen molar-refractivity contribution in [3.8, 4) is 0 Å². The highest BCUT2D eigenvalue weighted by molar-refractivity contribution is 5.23. The fourth-order valence-corrected chi connectivity index (χ4v) is 6.68. The van der Waals surface area contributed by atoms with E-state index in [1.165, 1.54) is 6.42 Å². The van der Waals surface area contributed by atoms with Crippen LogP contribution in [0.4, 0.5) is 0 Å². The number of hydrogen-bond donors (Lipinski definition) is 3. The first-order valence-corrected chi connectivity index (χ1v) is 10.1. The number of aliphatic hydroxyl groups excluding tert-OH is 2. The van der Waals surface area contributed by atoms with Crippen molar-refractivity contribution in [2.24, 2.45) is 34.3 Å². The van der Waals surface area contributed by atoms with Crippen molar-refractivity contribution in [3.63, 3.8) is 0 Å². The van der Waals surface area contributed by atoms with Gasteiger partial charge in [-0.15, -0.1) is 0 Å². The molecule has 0 saturated heterocycles. The smallest absolute Gasteiger partial charge is 0.0610 e. The number of fused-ring (bicyclic) bond motifs is 1. The first kappa shape index (κ1) is 18.4. The maximum absolute atomic E-state index is 11.4. The highest BCUT2D eigenvalue weighted by Crippen LogP contribution is 2.61. The van der Waals surface area contributed by atoms with E-state index in [1.54, 1.807) is 5.57 Å². The lowest BCUT2D eigenvalue weighted by atomic mass is 9.51. The molecule has 3 aliphatic carbocycles. The summed E-state index contributed by atoms with van der Waals surface area (Å²) in [4.78, 5) is 0. The van der Waals surface area contributed by atoms with Gasteiger partial charge in [0.1, 0.15) is 0 Å². The zero-order chi connectivity index (χ0) is 17.5. The van der Waals surface area contributed by atoms with Crippen molar-refractivity contribution in [2.45, 2.75) is 84.3 Å². The molecule has 0 heterocycles. The van der Waals surface area contributed by atoms with E-state index >= 15 is 0 Å². The highest BCUT2D eigenvalue weighted by atomic mass is 16.3. The van der Waals surface area contributed by atoms with Crippen LogP contribution in [0, 0.1) is 28.6 Å². The van der Waals surface area contributed by atoms with E-state index in [2.05, 4.69) is 26.8 Å². The normalized spacial score (nSPS) is 50.9. The summed E-state index contributed by atoms with van der Waals surface area (Å²) in [5.74, 6) is 1.21. The van der Waals surface area contributed by atoms with Crippen molar-refractivity contribution in [1.82, 2.24) is 0 Å². The van der Waals surface area contributed by atoms with E-state index in [-0.39, 0.29) is 23.0 Å². The van der Waals surface area contributed by atoms with E-state index in [0.29, 0.717) is 24.3 Å². The largest absolute Gasteiger partial charge is 0.393 e. The van der Waals surface area contributed by atoms with Gasteiger partial charge in [-0.25, -0.2) is 0 Å². The summed E-state index contributed by atoms with van der Waals surface area (Å²) in [5, 5.41) is 21.5. The number of nitrogens with two attached hydrogens (primary N) is 1. The standard InChI is InChI=1S/C21H37NO2/c1-4-14-5-6-17-19(24)18(8-11-20(14,17)2)21(3)10-7-16(23)13-15(21)9-12-22/h4,15-19,23-24H,5-13,22H2,1-3H3/b14-4-/t15-,16-,17?,18?,19+,20-,21-/m0/s1. The second-order valence-corrected chi connectivity index (χ2v) is 9.22. The molecule has 3 rings (SSSR count). The topological polar surface area (TPSA) is 66.5 Å². The van der Waals surface area contributed by atoms with Crippen LogP contribution >= 0.6 is 0 Å². The van der Waals surface area contributed by atoms with Crippen LogP contribution in [0.3, 0.4) is 0 Å².